The third kappa shape index (κ3) is 3.41. The van der Waals surface area contributed by atoms with Crippen molar-refractivity contribution in [2.24, 2.45) is 7.05 Å². The molecule has 0 aliphatic carbocycles. The van der Waals surface area contributed by atoms with E-state index in [9.17, 15) is 15.2 Å². The number of nitro groups is 1. The molecule has 1 aromatic rings. The molecule has 1 aromatic heterocycles. The second kappa shape index (κ2) is 6.31. The Morgan fingerprint density at radius 2 is 2.33 bits per heavy atom. The summed E-state index contributed by atoms with van der Waals surface area (Å²) in [6.07, 6.45) is -0.147. The summed E-state index contributed by atoms with van der Waals surface area (Å²) in [7, 11) is 3.14. The van der Waals surface area contributed by atoms with Crippen LogP contribution in [0.2, 0.25) is 0 Å². The molecule has 0 saturated carbocycles. The van der Waals surface area contributed by atoms with Crippen molar-refractivity contribution in [2.75, 3.05) is 25.6 Å². The van der Waals surface area contributed by atoms with Crippen molar-refractivity contribution in [1.29, 1.82) is 0 Å². The molecule has 18 heavy (non-hydrogen) atoms. The van der Waals surface area contributed by atoms with Gasteiger partial charge in [-0.15, -0.1) is 0 Å². The zero-order valence-electron chi connectivity index (χ0n) is 10.7. The van der Waals surface area contributed by atoms with Gasteiger partial charge < -0.3 is 15.2 Å². The van der Waals surface area contributed by atoms with Crippen LogP contribution in [0.25, 0.3) is 0 Å². The van der Waals surface area contributed by atoms with Crippen LogP contribution in [0.5, 0.6) is 0 Å². The van der Waals surface area contributed by atoms with E-state index in [1.807, 2.05) is 0 Å². The molecule has 8 nitrogen and oxygen atoms in total. The number of methoxy groups -OCH3 is 1. The average molecular weight is 258 g/mol. The highest BCUT2D eigenvalue weighted by Gasteiger charge is 2.23. The maximum Gasteiger partial charge on any atom is 0.333 e. The van der Waals surface area contributed by atoms with Gasteiger partial charge in [-0.1, -0.05) is 0 Å². The Morgan fingerprint density at radius 1 is 1.67 bits per heavy atom. The normalized spacial score (nSPS) is 12.4. The molecule has 0 aliphatic heterocycles. The molecule has 102 valence electrons. The first-order chi connectivity index (χ1) is 8.47. The van der Waals surface area contributed by atoms with Gasteiger partial charge in [-0.25, -0.2) is 4.68 Å². The summed E-state index contributed by atoms with van der Waals surface area (Å²) < 4.78 is 6.22. The predicted molar refractivity (Wildman–Crippen MR) is 65.6 cm³/mol. The van der Waals surface area contributed by atoms with E-state index in [2.05, 4.69) is 10.4 Å². The lowest BCUT2D eigenvalue weighted by molar-refractivity contribution is -0.384. The van der Waals surface area contributed by atoms with Gasteiger partial charge in [0, 0.05) is 20.7 Å². The third-order valence-electron chi connectivity index (χ3n) is 2.50. The lowest BCUT2D eigenvalue weighted by Crippen LogP contribution is -2.19. The molecule has 0 saturated heterocycles. The maximum atomic E-state index is 10.9. The standard InChI is InChI=1S/C10H18N4O4/c1-7-9(14(16)17)10(13(2)12-7)11-5-4-8(15)6-18-3/h8,11,15H,4-6H2,1-3H3. The van der Waals surface area contributed by atoms with Gasteiger partial charge in [-0.05, 0) is 13.3 Å². The summed E-state index contributed by atoms with van der Waals surface area (Å²) in [5, 5.41) is 27.3. The Hall–Kier alpha value is -1.67. The molecule has 0 fully saturated rings. The fourth-order valence-electron chi connectivity index (χ4n) is 1.70. The summed E-state index contributed by atoms with van der Waals surface area (Å²) in [4.78, 5) is 10.4. The van der Waals surface area contributed by atoms with Gasteiger partial charge in [0.15, 0.2) is 0 Å². The summed E-state index contributed by atoms with van der Waals surface area (Å²) in [5.41, 5.74) is 0.334. The van der Waals surface area contributed by atoms with Gasteiger partial charge in [0.25, 0.3) is 0 Å². The molecule has 0 aliphatic rings. The predicted octanol–water partition coefficient (Wildman–Crippen LogP) is 0.446. The number of aliphatic hydroxyl groups excluding tert-OH is 1. The lowest BCUT2D eigenvalue weighted by Gasteiger charge is -2.10. The van der Waals surface area contributed by atoms with Crippen molar-refractivity contribution in [2.45, 2.75) is 19.4 Å². The fraction of sp³-hybridized carbons (Fsp3) is 0.700. The maximum absolute atomic E-state index is 10.9. The Bertz CT molecular complexity index is 418. The van der Waals surface area contributed by atoms with Crippen LogP contribution in [0.1, 0.15) is 12.1 Å². The SMILES string of the molecule is COCC(O)CCNc1c([N+](=O)[O-])c(C)nn1C. The Morgan fingerprint density at radius 3 is 2.89 bits per heavy atom. The molecule has 0 radical (unpaired) electrons. The van der Waals surface area contributed by atoms with Crippen LogP contribution in [0.15, 0.2) is 0 Å². The van der Waals surface area contributed by atoms with E-state index in [4.69, 9.17) is 4.74 Å². The first kappa shape index (κ1) is 14.4. The van der Waals surface area contributed by atoms with E-state index in [0.717, 1.165) is 0 Å². The minimum absolute atomic E-state index is 0.0290. The topological polar surface area (TPSA) is 102 Å². The molecule has 0 amide bonds. The van der Waals surface area contributed by atoms with Crippen LogP contribution in [0.3, 0.4) is 0 Å². The highest BCUT2D eigenvalue weighted by Crippen LogP contribution is 2.27. The molecule has 1 heterocycles. The number of aryl methyl sites for hydroxylation is 2. The van der Waals surface area contributed by atoms with Crippen molar-refractivity contribution < 1.29 is 14.8 Å². The molecular formula is C10H18N4O4. The Labute approximate surface area is 105 Å². The van der Waals surface area contributed by atoms with Crippen molar-refractivity contribution >= 4 is 11.5 Å². The number of aliphatic hydroxyl groups is 1. The molecule has 1 unspecified atom stereocenters. The van der Waals surface area contributed by atoms with Crippen molar-refractivity contribution in [3.8, 4) is 0 Å². The first-order valence-corrected chi connectivity index (χ1v) is 5.56. The summed E-state index contributed by atoms with van der Waals surface area (Å²) >= 11 is 0. The number of hydrogen-bond acceptors (Lipinski definition) is 6. The van der Waals surface area contributed by atoms with E-state index in [0.29, 0.717) is 24.5 Å². The van der Waals surface area contributed by atoms with E-state index < -0.39 is 11.0 Å². The number of hydrogen-bond donors (Lipinski definition) is 2. The van der Waals surface area contributed by atoms with E-state index in [1.54, 1.807) is 14.0 Å². The second-order valence-corrected chi connectivity index (χ2v) is 3.99. The lowest BCUT2D eigenvalue weighted by atomic mass is 10.2. The molecule has 1 rings (SSSR count). The second-order valence-electron chi connectivity index (χ2n) is 3.99. The number of ether oxygens (including phenoxy) is 1. The van der Waals surface area contributed by atoms with Crippen LogP contribution < -0.4 is 5.32 Å². The number of rotatable bonds is 7. The largest absolute Gasteiger partial charge is 0.391 e. The highest BCUT2D eigenvalue weighted by atomic mass is 16.6. The first-order valence-electron chi connectivity index (χ1n) is 5.56. The Balaban J connectivity index is 2.64. The number of nitrogens with one attached hydrogen (secondary N) is 1. The van der Waals surface area contributed by atoms with Crippen LogP contribution >= 0.6 is 0 Å². The minimum Gasteiger partial charge on any atom is -0.391 e. The van der Waals surface area contributed by atoms with Gasteiger partial charge in [-0.2, -0.15) is 5.10 Å². The van der Waals surface area contributed by atoms with Gasteiger partial charge in [-0.3, -0.25) is 10.1 Å². The molecular weight excluding hydrogens is 240 g/mol. The number of anilines is 1. The van der Waals surface area contributed by atoms with Gasteiger partial charge in [0.2, 0.25) is 5.82 Å². The van der Waals surface area contributed by atoms with E-state index in [-0.39, 0.29) is 12.3 Å². The van der Waals surface area contributed by atoms with Crippen LogP contribution in [0.4, 0.5) is 11.5 Å². The van der Waals surface area contributed by atoms with Crippen LogP contribution in [0, 0.1) is 17.0 Å². The molecule has 0 aromatic carbocycles. The monoisotopic (exact) mass is 258 g/mol. The minimum atomic E-state index is -0.587. The molecule has 2 N–H and O–H groups in total. The summed E-state index contributed by atoms with van der Waals surface area (Å²) in [6, 6.07) is 0. The third-order valence-corrected chi connectivity index (χ3v) is 2.50. The molecule has 0 bridgehead atoms. The van der Waals surface area contributed by atoms with Crippen molar-refractivity contribution in [1.82, 2.24) is 9.78 Å². The Kier molecular flexibility index (Phi) is 5.05. The average Bonchev–Trinajstić information content (AvgIpc) is 2.54. The van der Waals surface area contributed by atoms with Crippen LogP contribution in [-0.4, -0.2) is 46.2 Å². The molecule has 0 spiro atoms. The van der Waals surface area contributed by atoms with E-state index in [1.165, 1.54) is 11.8 Å². The molecule has 8 heteroatoms. The van der Waals surface area contributed by atoms with Gasteiger partial charge >= 0.3 is 5.69 Å². The van der Waals surface area contributed by atoms with Gasteiger partial charge in [0.05, 0.1) is 17.6 Å². The van der Waals surface area contributed by atoms with E-state index >= 15 is 0 Å². The zero-order chi connectivity index (χ0) is 13.7. The molecule has 1 atom stereocenters. The highest BCUT2D eigenvalue weighted by molar-refractivity contribution is 5.59. The fourth-order valence-corrected chi connectivity index (χ4v) is 1.70. The number of nitrogens with zero attached hydrogens (tertiary/aromatic N) is 3. The van der Waals surface area contributed by atoms with Gasteiger partial charge in [0.1, 0.15) is 5.69 Å². The van der Waals surface area contributed by atoms with Crippen molar-refractivity contribution in [3.05, 3.63) is 15.8 Å². The quantitative estimate of drug-likeness (QED) is 0.543. The van der Waals surface area contributed by atoms with Crippen molar-refractivity contribution in [3.63, 3.8) is 0 Å². The smallest absolute Gasteiger partial charge is 0.333 e. The van der Waals surface area contributed by atoms with Crippen LogP contribution in [-0.2, 0) is 11.8 Å². The number of aromatic nitrogens is 2. The summed E-state index contributed by atoms with van der Waals surface area (Å²) in [5.74, 6) is 0.349. The zero-order valence-corrected chi connectivity index (χ0v) is 10.7. The summed E-state index contributed by atoms with van der Waals surface area (Å²) in [6.45, 7) is 2.24.